The number of amides is 2. The summed E-state index contributed by atoms with van der Waals surface area (Å²) in [5.74, 6) is 0.140. The molecule has 2 amide bonds. The van der Waals surface area contributed by atoms with Crippen LogP contribution in [-0.2, 0) is 12.4 Å². The Morgan fingerprint density at radius 1 is 1.14 bits per heavy atom. The molecule has 0 unspecified atom stereocenters. The molecule has 196 valence electrons. The molecule has 0 saturated carbocycles. The highest BCUT2D eigenvalue weighted by Gasteiger charge is 2.37. The molecule has 1 aliphatic rings. The van der Waals surface area contributed by atoms with E-state index in [4.69, 9.17) is 0 Å². The number of alkyl halides is 6. The third-order valence-electron chi connectivity index (χ3n) is 5.47. The minimum Gasteiger partial charge on any atom is -0.377 e. The first-order valence-corrected chi connectivity index (χ1v) is 10.9. The summed E-state index contributed by atoms with van der Waals surface area (Å²) in [6, 6.07) is -0.962. The average molecular weight is 519 g/mol. The van der Waals surface area contributed by atoms with Crippen molar-refractivity contribution in [3.63, 3.8) is 0 Å². The second kappa shape index (κ2) is 11.0. The van der Waals surface area contributed by atoms with E-state index in [0.29, 0.717) is 31.8 Å². The van der Waals surface area contributed by atoms with E-state index in [1.807, 2.05) is 0 Å². The zero-order valence-electron chi connectivity index (χ0n) is 19.0. The molecule has 9 nitrogen and oxygen atoms in total. The number of carbonyl (C=O) groups is 1. The van der Waals surface area contributed by atoms with Crippen molar-refractivity contribution < 1.29 is 31.1 Å². The predicted molar refractivity (Wildman–Crippen MR) is 116 cm³/mol. The van der Waals surface area contributed by atoms with E-state index in [2.05, 4.69) is 25.7 Å². The first-order chi connectivity index (χ1) is 16.9. The molecule has 15 heteroatoms. The molecule has 1 saturated heterocycles. The van der Waals surface area contributed by atoms with E-state index in [0.717, 1.165) is 18.6 Å². The third-order valence-corrected chi connectivity index (χ3v) is 5.47. The summed E-state index contributed by atoms with van der Waals surface area (Å²) in [5.41, 5.74) is -4.12. The number of hydrogen-bond acceptors (Lipinski definition) is 6. The highest BCUT2D eigenvalue weighted by atomic mass is 19.4. The van der Waals surface area contributed by atoms with Crippen molar-refractivity contribution >= 4 is 11.7 Å². The topological polar surface area (TPSA) is 116 Å². The lowest BCUT2D eigenvalue weighted by Gasteiger charge is -2.31. The van der Waals surface area contributed by atoms with Gasteiger partial charge in [-0.1, -0.05) is 12.2 Å². The number of likely N-dealkylation sites (tertiary alicyclic amines) is 1. The Hall–Kier alpha value is -3.65. The highest BCUT2D eigenvalue weighted by Crippen LogP contribution is 2.32. The summed E-state index contributed by atoms with van der Waals surface area (Å²) in [7, 11) is 0. The molecular weight excluding hydrogens is 496 g/mol. The van der Waals surface area contributed by atoms with Gasteiger partial charge >= 0.3 is 18.4 Å². The first kappa shape index (κ1) is 26.9. The van der Waals surface area contributed by atoms with Gasteiger partial charge in [-0.2, -0.15) is 31.4 Å². The molecule has 3 heterocycles. The Morgan fingerprint density at radius 2 is 1.78 bits per heavy atom. The molecule has 2 aromatic heterocycles. The van der Waals surface area contributed by atoms with Crippen LogP contribution < -0.4 is 16.2 Å². The number of aromatic nitrogens is 4. The minimum atomic E-state index is -4.86. The lowest BCUT2D eigenvalue weighted by Crippen LogP contribution is -2.44. The minimum absolute atomic E-state index is 0.104. The summed E-state index contributed by atoms with van der Waals surface area (Å²) < 4.78 is 77.3. The quantitative estimate of drug-likeness (QED) is 0.397. The summed E-state index contributed by atoms with van der Waals surface area (Å²) in [4.78, 5) is 33.1. The number of H-pyrrole nitrogens is 1. The van der Waals surface area contributed by atoms with Gasteiger partial charge < -0.3 is 15.5 Å². The number of urea groups is 1. The molecule has 0 aliphatic carbocycles. The molecule has 0 spiro atoms. The summed E-state index contributed by atoms with van der Waals surface area (Å²) >= 11 is 0. The van der Waals surface area contributed by atoms with Crippen molar-refractivity contribution in [1.82, 2.24) is 30.4 Å². The fraction of sp³-hybridized carbons (Fsp3) is 0.476. The van der Waals surface area contributed by atoms with Gasteiger partial charge in [0.1, 0.15) is 11.4 Å². The molecule has 1 aliphatic heterocycles. The van der Waals surface area contributed by atoms with Crippen molar-refractivity contribution in [2.24, 2.45) is 0 Å². The maximum atomic E-state index is 13.1. The lowest BCUT2D eigenvalue weighted by atomic mass is 9.96. The zero-order valence-corrected chi connectivity index (χ0v) is 19.0. The summed E-state index contributed by atoms with van der Waals surface area (Å²) in [5, 5.41) is 10.4. The van der Waals surface area contributed by atoms with E-state index in [1.165, 1.54) is 6.08 Å². The van der Waals surface area contributed by atoms with E-state index >= 15 is 0 Å². The van der Waals surface area contributed by atoms with Crippen LogP contribution in [0.5, 0.6) is 0 Å². The van der Waals surface area contributed by atoms with Crippen LogP contribution >= 0.6 is 0 Å². The van der Waals surface area contributed by atoms with Gasteiger partial charge in [0.2, 0.25) is 0 Å². The molecule has 36 heavy (non-hydrogen) atoms. The fourth-order valence-corrected chi connectivity index (χ4v) is 3.65. The second-order valence-corrected chi connectivity index (χ2v) is 8.12. The molecule has 1 atom stereocenters. The van der Waals surface area contributed by atoms with E-state index in [9.17, 15) is 35.9 Å². The van der Waals surface area contributed by atoms with Crippen molar-refractivity contribution in [3.8, 4) is 0 Å². The zero-order chi connectivity index (χ0) is 26.5. The van der Waals surface area contributed by atoms with Crippen molar-refractivity contribution in [1.29, 1.82) is 0 Å². The number of carbonyl (C=O) groups excluding carboxylic acids is 1. The number of piperidine rings is 1. The van der Waals surface area contributed by atoms with Crippen LogP contribution in [0.3, 0.4) is 0 Å². The van der Waals surface area contributed by atoms with Gasteiger partial charge in [0.15, 0.2) is 0 Å². The van der Waals surface area contributed by atoms with E-state index in [1.54, 1.807) is 23.0 Å². The van der Waals surface area contributed by atoms with Gasteiger partial charge in [-0.15, -0.1) is 0 Å². The number of aromatic amines is 1. The van der Waals surface area contributed by atoms with Crippen molar-refractivity contribution in [2.75, 3.05) is 25.0 Å². The summed E-state index contributed by atoms with van der Waals surface area (Å²) in [6.45, 7) is 2.39. The first-order valence-electron chi connectivity index (χ1n) is 10.9. The maximum Gasteiger partial charge on any atom is 0.423 e. The van der Waals surface area contributed by atoms with Crippen LogP contribution in [0.25, 0.3) is 0 Å². The van der Waals surface area contributed by atoms with Gasteiger partial charge in [0, 0.05) is 44.0 Å². The van der Waals surface area contributed by atoms with Crippen LogP contribution in [0.1, 0.15) is 42.6 Å². The van der Waals surface area contributed by atoms with Gasteiger partial charge in [0.25, 0.3) is 5.56 Å². The lowest BCUT2D eigenvalue weighted by molar-refractivity contribution is -0.139. The second-order valence-electron chi connectivity index (χ2n) is 8.12. The molecular formula is C21H23F6N7O2. The Morgan fingerprint density at radius 3 is 2.36 bits per heavy atom. The number of hydrogen-bond donors (Lipinski definition) is 3. The molecule has 3 N–H and O–H groups in total. The normalized spacial score (nSPS) is 16.2. The van der Waals surface area contributed by atoms with Crippen LogP contribution in [0.2, 0.25) is 0 Å². The Kier molecular flexibility index (Phi) is 8.20. The predicted octanol–water partition coefficient (Wildman–Crippen LogP) is 3.54. The maximum absolute atomic E-state index is 13.1. The monoisotopic (exact) mass is 519 g/mol. The Balaban J connectivity index is 1.45. The number of anilines is 1. The van der Waals surface area contributed by atoms with Crippen LogP contribution in [0, 0.1) is 0 Å². The largest absolute Gasteiger partial charge is 0.423 e. The molecule has 3 rings (SSSR count). The number of rotatable bonds is 6. The van der Waals surface area contributed by atoms with E-state index in [-0.39, 0.29) is 18.5 Å². The molecule has 0 aromatic carbocycles. The number of nitrogens with zero attached hydrogens (tertiary/aromatic N) is 4. The van der Waals surface area contributed by atoms with Gasteiger partial charge in [-0.25, -0.2) is 19.9 Å². The van der Waals surface area contributed by atoms with Crippen LogP contribution in [-0.4, -0.2) is 56.8 Å². The molecule has 2 aromatic rings. The highest BCUT2D eigenvalue weighted by molar-refractivity contribution is 5.74. The van der Waals surface area contributed by atoms with Crippen molar-refractivity contribution in [3.05, 3.63) is 58.0 Å². The van der Waals surface area contributed by atoms with Crippen LogP contribution in [0.15, 0.2) is 35.5 Å². The van der Waals surface area contributed by atoms with Gasteiger partial charge in [-0.05, 0) is 19.8 Å². The smallest absolute Gasteiger partial charge is 0.377 e. The molecule has 0 radical (unpaired) electrons. The Bertz CT molecular complexity index is 1120. The van der Waals surface area contributed by atoms with Crippen molar-refractivity contribution in [2.45, 2.75) is 44.1 Å². The van der Waals surface area contributed by atoms with Gasteiger partial charge in [0.05, 0.1) is 17.4 Å². The number of halogens is 6. The van der Waals surface area contributed by atoms with Crippen LogP contribution in [0.4, 0.5) is 36.8 Å². The number of nitrogens with one attached hydrogen (secondary N) is 3. The molecule has 1 fully saturated rings. The fourth-order valence-electron chi connectivity index (χ4n) is 3.65. The van der Waals surface area contributed by atoms with Gasteiger partial charge in [-0.3, -0.25) is 4.79 Å². The SMILES string of the molecule is C[C@@H](/C=C/CNC(=O)N1CCC(c2ncc(C(F)(F)F)cn2)CC1)Nc1cn[nH]c(=O)c1C(F)(F)F. The summed E-state index contributed by atoms with van der Waals surface area (Å²) in [6.07, 6.45) is -2.95. The molecule has 0 bridgehead atoms. The van der Waals surface area contributed by atoms with E-state index < -0.39 is 40.8 Å². The Labute approximate surface area is 201 Å². The standard InChI is InChI=1S/C21H23F6N7O2/c1-12(32-15-11-31-33-18(35)16(15)21(25,26)27)3-2-6-28-19(36)34-7-4-13(5-8-34)17-29-9-14(10-30-17)20(22,23)24/h2-3,9-13H,4-8H2,1H3,(H,28,36)(H2,32,33,35)/b3-2+/t12-/m0/s1. The third kappa shape index (κ3) is 6.95. The average Bonchev–Trinajstić information content (AvgIpc) is 2.80.